The number of rotatable bonds is 9. The highest BCUT2D eigenvalue weighted by Gasteiger charge is 2.16. The van der Waals surface area contributed by atoms with Crippen LogP contribution in [0.15, 0.2) is 48.8 Å². The molecule has 138 valence electrons. The summed E-state index contributed by atoms with van der Waals surface area (Å²) in [5.74, 6) is 0.400. The van der Waals surface area contributed by atoms with Crippen LogP contribution in [0.5, 0.6) is 5.75 Å². The highest BCUT2D eigenvalue weighted by Crippen LogP contribution is 2.14. The van der Waals surface area contributed by atoms with Crippen LogP contribution < -0.4 is 4.74 Å². The van der Waals surface area contributed by atoms with Crippen LogP contribution in [0.2, 0.25) is 0 Å². The first kappa shape index (κ1) is 19.4. The fourth-order valence-electron chi connectivity index (χ4n) is 2.49. The summed E-state index contributed by atoms with van der Waals surface area (Å²) in [4.78, 5) is 29.9. The Hall–Kier alpha value is -2.89. The monoisotopic (exact) mass is 356 g/mol. The molecule has 0 fully saturated rings. The molecule has 26 heavy (non-hydrogen) atoms. The topological polar surface area (TPSA) is 68.7 Å². The van der Waals surface area contributed by atoms with Gasteiger partial charge in [-0.3, -0.25) is 14.6 Å². The van der Waals surface area contributed by atoms with E-state index in [1.54, 1.807) is 17.3 Å². The normalized spacial score (nSPS) is 10.2. The van der Waals surface area contributed by atoms with Crippen molar-refractivity contribution in [2.75, 3.05) is 20.3 Å². The van der Waals surface area contributed by atoms with Gasteiger partial charge in [0.05, 0.1) is 26.6 Å². The summed E-state index contributed by atoms with van der Waals surface area (Å²) in [5.41, 5.74) is 1.86. The van der Waals surface area contributed by atoms with Gasteiger partial charge in [0.2, 0.25) is 5.91 Å². The minimum atomic E-state index is -0.335. The van der Waals surface area contributed by atoms with Crippen LogP contribution in [0, 0.1) is 0 Å². The molecule has 1 aromatic heterocycles. The van der Waals surface area contributed by atoms with Crippen LogP contribution >= 0.6 is 0 Å². The van der Waals surface area contributed by atoms with Crippen LogP contribution in [0.4, 0.5) is 0 Å². The van der Waals surface area contributed by atoms with Crippen molar-refractivity contribution in [3.8, 4) is 5.75 Å². The number of amides is 1. The fraction of sp³-hybridized carbons (Fsp3) is 0.350. The summed E-state index contributed by atoms with van der Waals surface area (Å²) >= 11 is 0. The van der Waals surface area contributed by atoms with Crippen LogP contribution in [0.3, 0.4) is 0 Å². The van der Waals surface area contributed by atoms with Crippen molar-refractivity contribution < 1.29 is 19.1 Å². The van der Waals surface area contributed by atoms with Gasteiger partial charge in [-0.15, -0.1) is 0 Å². The molecule has 0 bridgehead atoms. The van der Waals surface area contributed by atoms with E-state index in [1.807, 2.05) is 43.3 Å². The maximum Gasteiger partial charge on any atom is 0.307 e. The third-order valence-corrected chi connectivity index (χ3v) is 3.88. The Morgan fingerprint density at radius 2 is 1.73 bits per heavy atom. The number of methoxy groups -OCH3 is 1. The Morgan fingerprint density at radius 3 is 2.35 bits per heavy atom. The van der Waals surface area contributed by atoms with E-state index in [0.29, 0.717) is 19.7 Å². The van der Waals surface area contributed by atoms with Crippen molar-refractivity contribution in [1.29, 1.82) is 0 Å². The quantitative estimate of drug-likeness (QED) is 0.646. The molecule has 1 aromatic carbocycles. The first-order chi connectivity index (χ1) is 12.6. The smallest absolute Gasteiger partial charge is 0.307 e. The van der Waals surface area contributed by atoms with Crippen LogP contribution in [-0.2, 0) is 27.3 Å². The Kier molecular flexibility index (Phi) is 7.61. The lowest BCUT2D eigenvalue weighted by atomic mass is 10.1. The number of pyridine rings is 1. The SMILES string of the molecule is CCOc1ccc(CC(=O)N(CCC(=O)OC)Cc2ccncc2)cc1. The molecule has 0 N–H and O–H groups in total. The Labute approximate surface area is 153 Å². The molecule has 1 heterocycles. The first-order valence-corrected chi connectivity index (χ1v) is 8.57. The third kappa shape index (κ3) is 6.20. The van der Waals surface area contributed by atoms with Gasteiger partial charge in [0.25, 0.3) is 0 Å². The minimum Gasteiger partial charge on any atom is -0.494 e. The molecule has 0 saturated carbocycles. The fourth-order valence-corrected chi connectivity index (χ4v) is 2.49. The third-order valence-electron chi connectivity index (χ3n) is 3.88. The zero-order valence-corrected chi connectivity index (χ0v) is 15.2. The molecular weight excluding hydrogens is 332 g/mol. The van der Waals surface area contributed by atoms with Gasteiger partial charge < -0.3 is 14.4 Å². The summed E-state index contributed by atoms with van der Waals surface area (Å²) in [5, 5.41) is 0. The molecule has 0 spiro atoms. The lowest BCUT2D eigenvalue weighted by molar-refractivity contribution is -0.141. The lowest BCUT2D eigenvalue weighted by Crippen LogP contribution is -2.34. The number of ether oxygens (including phenoxy) is 2. The number of carbonyl (C=O) groups excluding carboxylic acids is 2. The first-order valence-electron chi connectivity index (χ1n) is 8.57. The molecule has 0 saturated heterocycles. The van der Waals surface area contributed by atoms with E-state index < -0.39 is 0 Å². The summed E-state index contributed by atoms with van der Waals surface area (Å²) in [6.07, 6.45) is 3.80. The van der Waals surface area contributed by atoms with Crippen LogP contribution in [0.25, 0.3) is 0 Å². The highest BCUT2D eigenvalue weighted by atomic mass is 16.5. The van der Waals surface area contributed by atoms with Gasteiger partial charge in [-0.05, 0) is 42.3 Å². The predicted molar refractivity (Wildman–Crippen MR) is 97.6 cm³/mol. The van der Waals surface area contributed by atoms with E-state index in [2.05, 4.69) is 9.72 Å². The summed E-state index contributed by atoms with van der Waals surface area (Å²) in [7, 11) is 1.34. The van der Waals surface area contributed by atoms with Crippen molar-refractivity contribution >= 4 is 11.9 Å². The Bertz CT molecular complexity index is 702. The summed E-state index contributed by atoms with van der Waals surface area (Å²) in [6, 6.07) is 11.2. The van der Waals surface area contributed by atoms with Gasteiger partial charge in [0.15, 0.2) is 0 Å². The second-order valence-corrected chi connectivity index (χ2v) is 5.75. The predicted octanol–water partition coefficient (Wildman–Crippen LogP) is 2.61. The van der Waals surface area contributed by atoms with Crippen molar-refractivity contribution in [3.05, 3.63) is 59.9 Å². The van der Waals surface area contributed by atoms with Crippen molar-refractivity contribution in [2.45, 2.75) is 26.3 Å². The minimum absolute atomic E-state index is 0.0464. The zero-order chi connectivity index (χ0) is 18.8. The van der Waals surface area contributed by atoms with E-state index in [1.165, 1.54) is 7.11 Å². The Morgan fingerprint density at radius 1 is 1.04 bits per heavy atom. The molecule has 0 aliphatic rings. The molecule has 2 aromatic rings. The van der Waals surface area contributed by atoms with Gasteiger partial charge in [-0.1, -0.05) is 12.1 Å². The molecule has 6 nitrogen and oxygen atoms in total. The Balaban J connectivity index is 2.04. The van der Waals surface area contributed by atoms with E-state index in [-0.39, 0.29) is 24.7 Å². The number of nitrogens with zero attached hydrogens (tertiary/aromatic N) is 2. The van der Waals surface area contributed by atoms with Crippen molar-refractivity contribution in [2.24, 2.45) is 0 Å². The summed E-state index contributed by atoms with van der Waals surface area (Å²) < 4.78 is 10.1. The molecule has 0 radical (unpaired) electrons. The van der Waals surface area contributed by atoms with E-state index >= 15 is 0 Å². The second kappa shape index (κ2) is 10.2. The van der Waals surface area contributed by atoms with E-state index in [4.69, 9.17) is 4.74 Å². The number of hydrogen-bond acceptors (Lipinski definition) is 5. The van der Waals surface area contributed by atoms with Gasteiger partial charge in [-0.25, -0.2) is 0 Å². The standard InChI is InChI=1S/C20H24N2O4/c1-3-26-18-6-4-16(5-7-18)14-19(23)22(13-10-20(24)25-2)15-17-8-11-21-12-9-17/h4-9,11-12H,3,10,13-15H2,1-2H3. The molecule has 2 rings (SSSR count). The largest absolute Gasteiger partial charge is 0.494 e. The number of esters is 1. The second-order valence-electron chi connectivity index (χ2n) is 5.75. The maximum atomic E-state index is 12.8. The molecule has 0 aliphatic heterocycles. The maximum absolute atomic E-state index is 12.8. The average molecular weight is 356 g/mol. The molecule has 6 heteroatoms. The van der Waals surface area contributed by atoms with Crippen LogP contribution in [0.1, 0.15) is 24.5 Å². The summed E-state index contributed by atoms with van der Waals surface area (Å²) in [6.45, 7) is 3.27. The van der Waals surface area contributed by atoms with Gasteiger partial charge >= 0.3 is 5.97 Å². The molecular formula is C20H24N2O4. The number of benzene rings is 1. The van der Waals surface area contributed by atoms with E-state index in [9.17, 15) is 9.59 Å². The average Bonchev–Trinajstić information content (AvgIpc) is 2.67. The van der Waals surface area contributed by atoms with Crippen molar-refractivity contribution in [3.63, 3.8) is 0 Å². The molecule has 0 unspecified atom stereocenters. The molecule has 0 aliphatic carbocycles. The highest BCUT2D eigenvalue weighted by molar-refractivity contribution is 5.79. The number of carbonyl (C=O) groups is 2. The molecule has 0 atom stereocenters. The number of aromatic nitrogens is 1. The van der Waals surface area contributed by atoms with E-state index in [0.717, 1.165) is 16.9 Å². The van der Waals surface area contributed by atoms with Gasteiger partial charge in [0, 0.05) is 25.5 Å². The van der Waals surface area contributed by atoms with Gasteiger partial charge in [0.1, 0.15) is 5.75 Å². The van der Waals surface area contributed by atoms with Crippen LogP contribution in [-0.4, -0.2) is 42.0 Å². The zero-order valence-electron chi connectivity index (χ0n) is 15.2. The molecule has 1 amide bonds. The number of hydrogen-bond donors (Lipinski definition) is 0. The van der Waals surface area contributed by atoms with Crippen molar-refractivity contribution in [1.82, 2.24) is 9.88 Å². The van der Waals surface area contributed by atoms with Gasteiger partial charge in [-0.2, -0.15) is 0 Å². The lowest BCUT2D eigenvalue weighted by Gasteiger charge is -2.22.